The first-order valence-corrected chi connectivity index (χ1v) is 12.1. The van der Waals surface area contributed by atoms with Gasteiger partial charge in [0.1, 0.15) is 12.7 Å². The van der Waals surface area contributed by atoms with Gasteiger partial charge >= 0.3 is 0 Å². The molecule has 0 bridgehead atoms. The monoisotopic (exact) mass is 498 g/mol. The van der Waals surface area contributed by atoms with E-state index < -0.39 is 12.2 Å². The molecule has 9 nitrogen and oxygen atoms in total. The van der Waals surface area contributed by atoms with Crippen LogP contribution >= 0.6 is 0 Å². The van der Waals surface area contributed by atoms with Crippen LogP contribution in [0.1, 0.15) is 18.4 Å². The topological polar surface area (TPSA) is 98.7 Å². The molecule has 0 spiro atoms. The van der Waals surface area contributed by atoms with Gasteiger partial charge in [0.25, 0.3) is 0 Å². The summed E-state index contributed by atoms with van der Waals surface area (Å²) in [6.45, 7) is 1.99. The van der Waals surface area contributed by atoms with Gasteiger partial charge in [-0.3, -0.25) is 4.79 Å². The molecule has 2 aliphatic rings. The van der Waals surface area contributed by atoms with E-state index >= 15 is 0 Å². The lowest BCUT2D eigenvalue weighted by atomic mass is 10.0. The summed E-state index contributed by atoms with van der Waals surface area (Å²) in [5.41, 5.74) is 0.778. The number of carbonyl (C=O) groups is 1. The second-order valence-electron chi connectivity index (χ2n) is 8.78. The van der Waals surface area contributed by atoms with E-state index in [0.717, 1.165) is 18.4 Å². The van der Waals surface area contributed by atoms with Crippen LogP contribution in [0.3, 0.4) is 0 Å². The summed E-state index contributed by atoms with van der Waals surface area (Å²) >= 11 is 0. The average molecular weight is 499 g/mol. The molecule has 4 rings (SSSR count). The SMILES string of the molecule is COc1cc(C=CC(=O)N2CCC(NCC(O)C3COc4ccccc4O3)CC2)cc(OC)c1OC. The van der Waals surface area contributed by atoms with Gasteiger partial charge in [-0.25, -0.2) is 0 Å². The zero-order valence-electron chi connectivity index (χ0n) is 20.9. The third-order valence-electron chi connectivity index (χ3n) is 6.49. The molecule has 1 saturated heterocycles. The van der Waals surface area contributed by atoms with Crippen LogP contribution in [-0.2, 0) is 4.79 Å². The minimum absolute atomic E-state index is 0.0475. The van der Waals surface area contributed by atoms with Crippen molar-refractivity contribution in [3.63, 3.8) is 0 Å². The summed E-state index contributed by atoms with van der Waals surface area (Å²) in [6, 6.07) is 11.3. The summed E-state index contributed by atoms with van der Waals surface area (Å²) in [4.78, 5) is 14.6. The Morgan fingerprint density at radius 2 is 1.78 bits per heavy atom. The zero-order chi connectivity index (χ0) is 25.5. The number of para-hydroxylation sites is 2. The smallest absolute Gasteiger partial charge is 0.246 e. The van der Waals surface area contributed by atoms with Crippen LogP contribution in [0.25, 0.3) is 6.08 Å². The van der Waals surface area contributed by atoms with Crippen molar-refractivity contribution in [1.29, 1.82) is 0 Å². The zero-order valence-corrected chi connectivity index (χ0v) is 20.9. The van der Waals surface area contributed by atoms with Crippen LogP contribution < -0.4 is 29.0 Å². The minimum Gasteiger partial charge on any atom is -0.493 e. The summed E-state index contributed by atoms with van der Waals surface area (Å²) in [5, 5.41) is 14.0. The van der Waals surface area contributed by atoms with Crippen molar-refractivity contribution in [2.45, 2.75) is 31.1 Å². The van der Waals surface area contributed by atoms with Gasteiger partial charge in [0, 0.05) is 31.8 Å². The molecule has 194 valence electrons. The molecule has 0 saturated carbocycles. The molecule has 0 aliphatic carbocycles. The number of amides is 1. The Hall–Kier alpha value is -3.43. The Morgan fingerprint density at radius 1 is 1.11 bits per heavy atom. The van der Waals surface area contributed by atoms with Gasteiger partial charge in [0.05, 0.1) is 21.3 Å². The molecule has 36 heavy (non-hydrogen) atoms. The molecule has 9 heteroatoms. The Bertz CT molecular complexity index is 1040. The van der Waals surface area contributed by atoms with Crippen LogP contribution in [-0.4, -0.2) is 81.7 Å². The molecule has 2 aromatic carbocycles. The number of hydrogen-bond acceptors (Lipinski definition) is 8. The number of likely N-dealkylation sites (tertiary alicyclic amines) is 1. The number of fused-ring (bicyclic) bond motifs is 1. The molecule has 0 radical (unpaired) electrons. The van der Waals surface area contributed by atoms with Gasteiger partial charge in [-0.05, 0) is 48.7 Å². The van der Waals surface area contributed by atoms with E-state index in [4.69, 9.17) is 23.7 Å². The number of ether oxygens (including phenoxy) is 5. The highest BCUT2D eigenvalue weighted by Crippen LogP contribution is 2.38. The summed E-state index contributed by atoms with van der Waals surface area (Å²) in [5.74, 6) is 2.88. The highest BCUT2D eigenvalue weighted by atomic mass is 16.6. The molecule has 1 fully saturated rings. The number of aliphatic hydroxyl groups is 1. The normalized spacial score (nSPS) is 18.7. The molecule has 1 amide bonds. The fourth-order valence-electron chi connectivity index (χ4n) is 4.42. The van der Waals surface area contributed by atoms with E-state index in [2.05, 4.69) is 5.32 Å². The first kappa shape index (κ1) is 25.7. The van der Waals surface area contributed by atoms with Crippen molar-refractivity contribution in [1.82, 2.24) is 10.2 Å². The first-order valence-electron chi connectivity index (χ1n) is 12.1. The molecule has 2 atom stereocenters. The number of aliphatic hydroxyl groups excluding tert-OH is 1. The fourth-order valence-corrected chi connectivity index (χ4v) is 4.42. The van der Waals surface area contributed by atoms with E-state index in [0.29, 0.717) is 55.0 Å². The van der Waals surface area contributed by atoms with Crippen LogP contribution in [0.15, 0.2) is 42.5 Å². The van der Waals surface area contributed by atoms with Crippen molar-refractivity contribution in [3.8, 4) is 28.7 Å². The predicted molar refractivity (Wildman–Crippen MR) is 135 cm³/mol. The minimum atomic E-state index is -0.695. The molecule has 2 unspecified atom stereocenters. The lowest BCUT2D eigenvalue weighted by Gasteiger charge is -2.34. The van der Waals surface area contributed by atoms with Gasteiger partial charge in [0.15, 0.2) is 29.1 Å². The Kier molecular flexibility index (Phi) is 8.56. The van der Waals surface area contributed by atoms with E-state index in [1.165, 1.54) is 0 Å². The molecule has 2 N–H and O–H groups in total. The highest BCUT2D eigenvalue weighted by molar-refractivity contribution is 5.92. The van der Waals surface area contributed by atoms with Gasteiger partial charge in [0.2, 0.25) is 11.7 Å². The maximum atomic E-state index is 12.7. The number of nitrogens with one attached hydrogen (secondary N) is 1. The van der Waals surface area contributed by atoms with E-state index in [-0.39, 0.29) is 11.9 Å². The summed E-state index contributed by atoms with van der Waals surface area (Å²) in [7, 11) is 4.67. The second-order valence-corrected chi connectivity index (χ2v) is 8.78. The Balaban J connectivity index is 1.24. The number of methoxy groups -OCH3 is 3. The third-order valence-corrected chi connectivity index (χ3v) is 6.49. The Morgan fingerprint density at radius 3 is 2.42 bits per heavy atom. The van der Waals surface area contributed by atoms with Crippen molar-refractivity contribution in [3.05, 3.63) is 48.0 Å². The summed E-state index contributed by atoms with van der Waals surface area (Å²) in [6.07, 6.45) is 3.81. The third kappa shape index (κ3) is 6.03. The molecule has 2 aliphatic heterocycles. The van der Waals surface area contributed by atoms with Crippen molar-refractivity contribution in [2.75, 3.05) is 47.6 Å². The van der Waals surface area contributed by atoms with Crippen LogP contribution in [0.2, 0.25) is 0 Å². The van der Waals surface area contributed by atoms with Gasteiger partial charge in [-0.15, -0.1) is 0 Å². The standard InChI is InChI=1S/C27H34N2O7/c1-32-23-14-18(15-24(33-2)27(23)34-3)8-9-26(31)29-12-10-19(11-13-29)28-16-20(30)25-17-35-21-6-4-5-7-22(21)36-25/h4-9,14-15,19-20,25,28,30H,10-13,16-17H2,1-3H3. The van der Waals surface area contributed by atoms with Gasteiger partial charge in [-0.2, -0.15) is 0 Å². The second kappa shape index (κ2) is 12.0. The van der Waals surface area contributed by atoms with E-state index in [1.54, 1.807) is 45.6 Å². The van der Waals surface area contributed by atoms with Gasteiger partial charge in [-0.1, -0.05) is 12.1 Å². The summed E-state index contributed by atoms with van der Waals surface area (Å²) < 4.78 is 27.7. The number of benzene rings is 2. The fraction of sp³-hybridized carbons (Fsp3) is 0.444. The lowest BCUT2D eigenvalue weighted by Crippen LogP contribution is -2.50. The number of rotatable bonds is 9. The number of nitrogens with zero attached hydrogens (tertiary/aromatic N) is 1. The average Bonchev–Trinajstić information content (AvgIpc) is 2.93. The lowest BCUT2D eigenvalue weighted by molar-refractivity contribution is -0.127. The first-order chi connectivity index (χ1) is 17.5. The molecular weight excluding hydrogens is 464 g/mol. The predicted octanol–water partition coefficient (Wildman–Crippen LogP) is 2.51. The number of carbonyl (C=O) groups excluding carboxylic acids is 1. The molecular formula is C27H34N2O7. The van der Waals surface area contributed by atoms with Crippen molar-refractivity contribution < 1.29 is 33.6 Å². The van der Waals surface area contributed by atoms with E-state index in [1.807, 2.05) is 29.2 Å². The number of hydrogen-bond donors (Lipinski definition) is 2. The quantitative estimate of drug-likeness (QED) is 0.509. The Labute approximate surface area is 211 Å². The van der Waals surface area contributed by atoms with Crippen LogP contribution in [0.5, 0.6) is 28.7 Å². The highest BCUT2D eigenvalue weighted by Gasteiger charge is 2.29. The number of piperidine rings is 1. The maximum absolute atomic E-state index is 12.7. The van der Waals surface area contributed by atoms with Crippen molar-refractivity contribution in [2.24, 2.45) is 0 Å². The van der Waals surface area contributed by atoms with Crippen LogP contribution in [0.4, 0.5) is 0 Å². The van der Waals surface area contributed by atoms with E-state index in [9.17, 15) is 9.90 Å². The molecule has 2 heterocycles. The van der Waals surface area contributed by atoms with Gasteiger partial charge < -0.3 is 39.0 Å². The largest absolute Gasteiger partial charge is 0.493 e. The molecule has 2 aromatic rings. The molecule has 0 aromatic heterocycles. The van der Waals surface area contributed by atoms with Crippen molar-refractivity contribution >= 4 is 12.0 Å². The maximum Gasteiger partial charge on any atom is 0.246 e. The van der Waals surface area contributed by atoms with Crippen LogP contribution in [0, 0.1) is 0 Å².